The average Bonchev–Trinajstić information content (AvgIpc) is 2.14. The Labute approximate surface area is 104 Å². The minimum Gasteiger partial charge on any atom is -0.466 e. The number of rotatable bonds is 2. The van der Waals surface area contributed by atoms with Crippen LogP contribution < -0.4 is 0 Å². The zero-order valence-electron chi connectivity index (χ0n) is 11.3. The zero-order valence-corrected chi connectivity index (χ0v) is 11.3. The van der Waals surface area contributed by atoms with Gasteiger partial charge in [-0.15, -0.1) is 0 Å². The van der Waals surface area contributed by atoms with E-state index in [0.29, 0.717) is 37.6 Å². The van der Waals surface area contributed by atoms with E-state index in [1.165, 1.54) is 0 Å². The Morgan fingerprint density at radius 3 is 2.65 bits per heavy atom. The topological polar surface area (TPSA) is 43.4 Å². The van der Waals surface area contributed by atoms with Gasteiger partial charge in [-0.25, -0.2) is 0 Å². The first kappa shape index (κ1) is 14.2. The molecule has 1 rings (SSSR count). The van der Waals surface area contributed by atoms with Crippen molar-refractivity contribution in [1.82, 2.24) is 0 Å². The third kappa shape index (κ3) is 5.33. The van der Waals surface area contributed by atoms with E-state index in [9.17, 15) is 9.59 Å². The van der Waals surface area contributed by atoms with Gasteiger partial charge in [0, 0.05) is 12.8 Å². The Balaban J connectivity index is 2.66. The normalized spacial score (nSPS) is 26.4. The van der Waals surface area contributed by atoms with Crippen molar-refractivity contribution in [3.8, 4) is 0 Å². The van der Waals surface area contributed by atoms with Gasteiger partial charge in [0.2, 0.25) is 0 Å². The number of cyclic esters (lactones) is 1. The average molecular weight is 240 g/mol. The van der Waals surface area contributed by atoms with Crippen molar-refractivity contribution in [3.05, 3.63) is 0 Å². The summed E-state index contributed by atoms with van der Waals surface area (Å²) in [6, 6.07) is 0. The molecule has 0 unspecified atom stereocenters. The molecule has 1 saturated heterocycles. The Morgan fingerprint density at radius 2 is 2.00 bits per heavy atom. The Bertz CT molecular complexity index is 281. The van der Waals surface area contributed by atoms with Crippen molar-refractivity contribution >= 4 is 11.8 Å². The molecule has 0 aromatic rings. The fourth-order valence-corrected chi connectivity index (χ4v) is 2.53. The molecule has 1 aliphatic rings. The van der Waals surface area contributed by atoms with Crippen LogP contribution in [-0.2, 0) is 14.3 Å². The summed E-state index contributed by atoms with van der Waals surface area (Å²) in [7, 11) is 0. The molecule has 0 aromatic heterocycles. The number of ether oxygens (including phenoxy) is 1. The van der Waals surface area contributed by atoms with Crippen LogP contribution in [0.3, 0.4) is 0 Å². The lowest BCUT2D eigenvalue weighted by molar-refractivity contribution is -0.147. The number of carbonyl (C=O) groups is 2. The third-order valence-electron chi connectivity index (χ3n) is 3.30. The van der Waals surface area contributed by atoms with Crippen molar-refractivity contribution in [2.24, 2.45) is 11.3 Å². The van der Waals surface area contributed by atoms with Crippen molar-refractivity contribution < 1.29 is 14.3 Å². The number of ketones is 1. The second kappa shape index (κ2) is 6.18. The van der Waals surface area contributed by atoms with Crippen LogP contribution in [0.15, 0.2) is 0 Å². The molecule has 0 saturated carbocycles. The molecule has 0 amide bonds. The van der Waals surface area contributed by atoms with Gasteiger partial charge in [-0.3, -0.25) is 9.59 Å². The SMILES string of the molecule is CCC[C@@H]1CCOC(=O)CC(C)(C)CC(=O)C1. The fourth-order valence-electron chi connectivity index (χ4n) is 2.53. The van der Waals surface area contributed by atoms with Crippen LogP contribution in [-0.4, -0.2) is 18.4 Å². The van der Waals surface area contributed by atoms with Crippen LogP contribution in [0, 0.1) is 11.3 Å². The maximum atomic E-state index is 12.0. The molecule has 3 nitrogen and oxygen atoms in total. The van der Waals surface area contributed by atoms with Crippen LogP contribution in [0.25, 0.3) is 0 Å². The summed E-state index contributed by atoms with van der Waals surface area (Å²) >= 11 is 0. The smallest absolute Gasteiger partial charge is 0.306 e. The van der Waals surface area contributed by atoms with E-state index >= 15 is 0 Å². The van der Waals surface area contributed by atoms with Crippen LogP contribution >= 0.6 is 0 Å². The van der Waals surface area contributed by atoms with E-state index in [1.807, 2.05) is 13.8 Å². The summed E-state index contributed by atoms with van der Waals surface area (Å²) in [5.41, 5.74) is -0.262. The van der Waals surface area contributed by atoms with Crippen molar-refractivity contribution in [1.29, 1.82) is 0 Å². The predicted molar refractivity (Wildman–Crippen MR) is 66.6 cm³/mol. The van der Waals surface area contributed by atoms with Gasteiger partial charge in [0.1, 0.15) is 5.78 Å². The van der Waals surface area contributed by atoms with E-state index in [4.69, 9.17) is 4.74 Å². The first-order chi connectivity index (χ1) is 7.93. The molecular weight excluding hydrogens is 216 g/mol. The monoisotopic (exact) mass is 240 g/mol. The molecule has 1 heterocycles. The molecule has 0 radical (unpaired) electrons. The van der Waals surface area contributed by atoms with Crippen LogP contribution in [0.1, 0.15) is 59.3 Å². The van der Waals surface area contributed by atoms with Crippen molar-refractivity contribution in [2.75, 3.05) is 6.61 Å². The molecular formula is C14H24O3. The molecule has 3 heteroatoms. The van der Waals surface area contributed by atoms with Gasteiger partial charge in [-0.2, -0.15) is 0 Å². The highest BCUT2D eigenvalue weighted by molar-refractivity contribution is 5.80. The van der Waals surface area contributed by atoms with Gasteiger partial charge >= 0.3 is 5.97 Å². The van der Waals surface area contributed by atoms with Gasteiger partial charge in [-0.05, 0) is 17.8 Å². The first-order valence-corrected chi connectivity index (χ1v) is 6.60. The molecule has 98 valence electrons. The summed E-state index contributed by atoms with van der Waals surface area (Å²) in [6.45, 7) is 6.51. The third-order valence-corrected chi connectivity index (χ3v) is 3.30. The summed E-state index contributed by atoms with van der Waals surface area (Å²) < 4.78 is 5.22. The van der Waals surface area contributed by atoms with Gasteiger partial charge in [-0.1, -0.05) is 33.6 Å². The second-order valence-electron chi connectivity index (χ2n) is 5.92. The summed E-state index contributed by atoms with van der Waals surface area (Å²) in [5.74, 6) is 0.511. The predicted octanol–water partition coefficient (Wildman–Crippen LogP) is 3.12. The zero-order chi connectivity index (χ0) is 12.9. The Kier molecular flexibility index (Phi) is 5.16. The fraction of sp³-hybridized carbons (Fsp3) is 0.857. The van der Waals surface area contributed by atoms with E-state index in [0.717, 1.165) is 19.3 Å². The molecule has 0 N–H and O–H groups in total. The molecule has 0 aliphatic carbocycles. The number of carbonyl (C=O) groups excluding carboxylic acids is 2. The lowest BCUT2D eigenvalue weighted by Gasteiger charge is -2.26. The highest BCUT2D eigenvalue weighted by Gasteiger charge is 2.28. The van der Waals surface area contributed by atoms with Gasteiger partial charge in [0.05, 0.1) is 13.0 Å². The van der Waals surface area contributed by atoms with Crippen LogP contribution in [0.5, 0.6) is 0 Å². The molecule has 1 fully saturated rings. The first-order valence-electron chi connectivity index (χ1n) is 6.60. The minimum absolute atomic E-state index is 0.167. The lowest BCUT2D eigenvalue weighted by atomic mass is 9.81. The molecule has 0 aromatic carbocycles. The van der Waals surface area contributed by atoms with Crippen LogP contribution in [0.2, 0.25) is 0 Å². The number of esters is 1. The Hall–Kier alpha value is -0.860. The van der Waals surface area contributed by atoms with E-state index in [1.54, 1.807) is 0 Å². The molecule has 17 heavy (non-hydrogen) atoms. The standard InChI is InChI=1S/C14H24O3/c1-4-5-11-6-7-17-13(16)10-14(2,3)9-12(15)8-11/h11H,4-10H2,1-3H3/t11-/m1/s1. The molecule has 0 bridgehead atoms. The summed E-state index contributed by atoms with van der Waals surface area (Å²) in [5, 5.41) is 0. The summed E-state index contributed by atoms with van der Waals surface area (Å²) in [6.07, 6.45) is 4.43. The highest BCUT2D eigenvalue weighted by atomic mass is 16.5. The number of hydrogen-bond acceptors (Lipinski definition) is 3. The highest BCUT2D eigenvalue weighted by Crippen LogP contribution is 2.29. The largest absolute Gasteiger partial charge is 0.466 e. The number of Topliss-reactive ketones (excluding diaryl/α,β-unsaturated/α-hetero) is 1. The maximum Gasteiger partial charge on any atom is 0.306 e. The van der Waals surface area contributed by atoms with Gasteiger partial charge in [0.15, 0.2) is 0 Å². The molecule has 1 aliphatic heterocycles. The quantitative estimate of drug-likeness (QED) is 0.696. The van der Waals surface area contributed by atoms with Crippen LogP contribution in [0.4, 0.5) is 0 Å². The Morgan fingerprint density at radius 1 is 1.29 bits per heavy atom. The maximum absolute atomic E-state index is 12.0. The van der Waals surface area contributed by atoms with E-state index in [-0.39, 0.29) is 11.4 Å². The minimum atomic E-state index is -0.262. The van der Waals surface area contributed by atoms with Crippen molar-refractivity contribution in [2.45, 2.75) is 59.3 Å². The molecule has 1 atom stereocenters. The van der Waals surface area contributed by atoms with Gasteiger partial charge < -0.3 is 4.74 Å². The number of hydrogen-bond donors (Lipinski definition) is 0. The summed E-state index contributed by atoms with van der Waals surface area (Å²) in [4.78, 5) is 23.5. The van der Waals surface area contributed by atoms with Gasteiger partial charge in [0.25, 0.3) is 0 Å². The van der Waals surface area contributed by atoms with Crippen molar-refractivity contribution in [3.63, 3.8) is 0 Å². The second-order valence-corrected chi connectivity index (χ2v) is 5.92. The van der Waals surface area contributed by atoms with E-state index in [2.05, 4.69) is 6.92 Å². The van der Waals surface area contributed by atoms with E-state index < -0.39 is 0 Å². The molecule has 0 spiro atoms. The lowest BCUT2D eigenvalue weighted by Crippen LogP contribution is -2.26.